The number of carbonyl (C=O) groups excluding carboxylic acids is 1. The molecule has 19 heavy (non-hydrogen) atoms. The topological polar surface area (TPSA) is 61.6 Å². The molecular formula is C14H21NO4. The maximum absolute atomic E-state index is 11.4. The first kappa shape index (κ1) is 13.9. The van der Waals surface area contributed by atoms with Crippen molar-refractivity contribution in [2.45, 2.75) is 52.1 Å². The SMILES string of the molecule is CCOC(=O)c1coc(OC2CCCC(CC)C2)n1. The molecule has 0 radical (unpaired) electrons. The number of esters is 1. The van der Waals surface area contributed by atoms with Gasteiger partial charge < -0.3 is 13.9 Å². The molecule has 1 heterocycles. The zero-order valence-corrected chi connectivity index (χ0v) is 11.6. The fourth-order valence-corrected chi connectivity index (χ4v) is 2.47. The molecule has 0 aliphatic heterocycles. The Morgan fingerprint density at radius 2 is 2.32 bits per heavy atom. The predicted octanol–water partition coefficient (Wildman–Crippen LogP) is 3.20. The van der Waals surface area contributed by atoms with Gasteiger partial charge in [0.2, 0.25) is 0 Å². The Balaban J connectivity index is 1.90. The summed E-state index contributed by atoms with van der Waals surface area (Å²) >= 11 is 0. The van der Waals surface area contributed by atoms with Gasteiger partial charge in [0.15, 0.2) is 5.69 Å². The van der Waals surface area contributed by atoms with E-state index in [1.165, 1.54) is 25.5 Å². The summed E-state index contributed by atoms with van der Waals surface area (Å²) in [6.07, 6.45) is 7.29. The summed E-state index contributed by atoms with van der Waals surface area (Å²) in [4.78, 5) is 15.5. The molecule has 0 spiro atoms. The summed E-state index contributed by atoms with van der Waals surface area (Å²) in [7, 11) is 0. The fraction of sp³-hybridized carbons (Fsp3) is 0.714. The van der Waals surface area contributed by atoms with E-state index in [2.05, 4.69) is 11.9 Å². The third kappa shape index (κ3) is 3.72. The first-order valence-electron chi connectivity index (χ1n) is 7.02. The summed E-state index contributed by atoms with van der Waals surface area (Å²) in [5.74, 6) is 0.245. The van der Waals surface area contributed by atoms with Crippen molar-refractivity contribution >= 4 is 5.97 Å². The minimum atomic E-state index is -0.476. The van der Waals surface area contributed by atoms with E-state index in [-0.39, 0.29) is 17.9 Å². The molecule has 1 aliphatic rings. The lowest BCUT2D eigenvalue weighted by Crippen LogP contribution is -2.25. The summed E-state index contributed by atoms with van der Waals surface area (Å²) in [5, 5.41) is 0. The molecule has 1 fully saturated rings. The molecule has 106 valence electrons. The molecule has 2 rings (SSSR count). The molecule has 1 aromatic rings. The van der Waals surface area contributed by atoms with Crippen LogP contribution >= 0.6 is 0 Å². The third-order valence-electron chi connectivity index (χ3n) is 3.55. The van der Waals surface area contributed by atoms with Gasteiger partial charge in [0.1, 0.15) is 12.4 Å². The highest BCUT2D eigenvalue weighted by atomic mass is 16.6. The van der Waals surface area contributed by atoms with Crippen LogP contribution in [-0.4, -0.2) is 23.7 Å². The van der Waals surface area contributed by atoms with Crippen LogP contribution in [-0.2, 0) is 4.74 Å². The Labute approximate surface area is 113 Å². The molecular weight excluding hydrogens is 246 g/mol. The predicted molar refractivity (Wildman–Crippen MR) is 69.1 cm³/mol. The van der Waals surface area contributed by atoms with Crippen molar-refractivity contribution in [1.29, 1.82) is 0 Å². The average molecular weight is 267 g/mol. The molecule has 2 unspecified atom stereocenters. The zero-order chi connectivity index (χ0) is 13.7. The molecule has 5 heteroatoms. The van der Waals surface area contributed by atoms with Gasteiger partial charge in [-0.3, -0.25) is 0 Å². The van der Waals surface area contributed by atoms with Crippen LogP contribution in [0.5, 0.6) is 6.08 Å². The highest BCUT2D eigenvalue weighted by molar-refractivity contribution is 5.86. The van der Waals surface area contributed by atoms with E-state index < -0.39 is 5.97 Å². The number of nitrogens with zero attached hydrogens (tertiary/aromatic N) is 1. The highest BCUT2D eigenvalue weighted by Crippen LogP contribution is 2.29. The molecule has 0 N–H and O–H groups in total. The van der Waals surface area contributed by atoms with Gasteiger partial charge in [-0.25, -0.2) is 4.79 Å². The smallest absolute Gasteiger partial charge is 0.394 e. The zero-order valence-electron chi connectivity index (χ0n) is 11.6. The van der Waals surface area contributed by atoms with Crippen LogP contribution < -0.4 is 4.74 Å². The van der Waals surface area contributed by atoms with Crippen LogP contribution in [0.4, 0.5) is 0 Å². The quantitative estimate of drug-likeness (QED) is 0.767. The van der Waals surface area contributed by atoms with E-state index in [9.17, 15) is 4.79 Å². The fourth-order valence-electron chi connectivity index (χ4n) is 2.47. The molecule has 1 aliphatic carbocycles. The van der Waals surface area contributed by atoms with Gasteiger partial charge in [-0.1, -0.05) is 19.8 Å². The van der Waals surface area contributed by atoms with Gasteiger partial charge in [-0.15, -0.1) is 0 Å². The van der Waals surface area contributed by atoms with Gasteiger partial charge >= 0.3 is 12.0 Å². The lowest BCUT2D eigenvalue weighted by atomic mass is 9.86. The van der Waals surface area contributed by atoms with Crippen molar-refractivity contribution < 1.29 is 18.7 Å². The second-order valence-corrected chi connectivity index (χ2v) is 4.90. The number of carbonyl (C=O) groups is 1. The largest absolute Gasteiger partial charge is 0.461 e. The van der Waals surface area contributed by atoms with Gasteiger partial charge in [-0.05, 0) is 32.1 Å². The molecule has 0 bridgehead atoms. The van der Waals surface area contributed by atoms with E-state index >= 15 is 0 Å². The van der Waals surface area contributed by atoms with E-state index in [4.69, 9.17) is 13.9 Å². The molecule has 0 saturated heterocycles. The lowest BCUT2D eigenvalue weighted by molar-refractivity contribution is 0.0518. The van der Waals surface area contributed by atoms with E-state index in [0.717, 1.165) is 18.8 Å². The van der Waals surface area contributed by atoms with Gasteiger partial charge in [0.25, 0.3) is 0 Å². The van der Waals surface area contributed by atoms with Gasteiger partial charge in [0.05, 0.1) is 6.61 Å². The van der Waals surface area contributed by atoms with Crippen molar-refractivity contribution in [2.75, 3.05) is 6.61 Å². The van der Waals surface area contributed by atoms with Crippen LogP contribution in [0.2, 0.25) is 0 Å². The number of ether oxygens (including phenoxy) is 2. The Hall–Kier alpha value is -1.52. The second kappa shape index (κ2) is 6.59. The summed E-state index contributed by atoms with van der Waals surface area (Å²) in [5.41, 5.74) is 0.166. The van der Waals surface area contributed by atoms with Crippen molar-refractivity contribution in [2.24, 2.45) is 5.92 Å². The number of hydrogen-bond acceptors (Lipinski definition) is 5. The van der Waals surface area contributed by atoms with Crippen LogP contribution in [0.25, 0.3) is 0 Å². The number of rotatable bonds is 5. The Morgan fingerprint density at radius 3 is 3.05 bits per heavy atom. The van der Waals surface area contributed by atoms with Crippen LogP contribution in [0.3, 0.4) is 0 Å². The summed E-state index contributed by atoms with van der Waals surface area (Å²) in [6.45, 7) is 4.28. The first-order valence-corrected chi connectivity index (χ1v) is 7.02. The first-order chi connectivity index (χ1) is 9.22. The Kier molecular flexibility index (Phi) is 4.82. The maximum atomic E-state index is 11.4. The number of hydrogen-bond donors (Lipinski definition) is 0. The van der Waals surface area contributed by atoms with Crippen LogP contribution in [0.15, 0.2) is 10.7 Å². The Morgan fingerprint density at radius 1 is 1.47 bits per heavy atom. The second-order valence-electron chi connectivity index (χ2n) is 4.90. The minimum absolute atomic E-state index is 0.146. The molecule has 1 saturated carbocycles. The van der Waals surface area contributed by atoms with Gasteiger partial charge in [-0.2, -0.15) is 4.98 Å². The average Bonchev–Trinajstić information content (AvgIpc) is 2.88. The normalized spacial score (nSPS) is 23.1. The Bertz CT molecular complexity index is 415. The third-order valence-corrected chi connectivity index (χ3v) is 3.55. The van der Waals surface area contributed by atoms with E-state index in [1.54, 1.807) is 6.92 Å². The van der Waals surface area contributed by atoms with Crippen molar-refractivity contribution in [3.05, 3.63) is 12.0 Å². The molecule has 0 aromatic carbocycles. The molecule has 0 amide bonds. The molecule has 5 nitrogen and oxygen atoms in total. The van der Waals surface area contributed by atoms with E-state index in [1.807, 2.05) is 0 Å². The van der Waals surface area contributed by atoms with Gasteiger partial charge in [0, 0.05) is 0 Å². The van der Waals surface area contributed by atoms with E-state index in [0.29, 0.717) is 6.61 Å². The highest BCUT2D eigenvalue weighted by Gasteiger charge is 2.24. The summed E-state index contributed by atoms with van der Waals surface area (Å²) < 4.78 is 15.7. The molecule has 2 atom stereocenters. The number of aromatic nitrogens is 1. The maximum Gasteiger partial charge on any atom is 0.394 e. The minimum Gasteiger partial charge on any atom is -0.461 e. The lowest BCUT2D eigenvalue weighted by Gasteiger charge is -2.27. The molecule has 1 aromatic heterocycles. The number of oxazole rings is 1. The van der Waals surface area contributed by atoms with Crippen LogP contribution in [0, 0.1) is 5.92 Å². The van der Waals surface area contributed by atoms with Crippen molar-refractivity contribution in [1.82, 2.24) is 4.98 Å². The van der Waals surface area contributed by atoms with Crippen LogP contribution in [0.1, 0.15) is 56.4 Å². The van der Waals surface area contributed by atoms with Crippen molar-refractivity contribution in [3.63, 3.8) is 0 Å². The standard InChI is InChI=1S/C14H21NO4/c1-3-10-6-5-7-11(8-10)19-14-15-12(9-18-14)13(16)17-4-2/h9-11H,3-8H2,1-2H3. The van der Waals surface area contributed by atoms with Crippen molar-refractivity contribution in [3.8, 4) is 6.08 Å². The monoisotopic (exact) mass is 267 g/mol. The summed E-state index contributed by atoms with van der Waals surface area (Å²) in [6, 6.07) is 0.